The average Bonchev–Trinajstić information content (AvgIpc) is 2.71. The summed E-state index contributed by atoms with van der Waals surface area (Å²) in [6.45, 7) is 3.54. The second kappa shape index (κ2) is 11.2. The van der Waals surface area contributed by atoms with Crippen LogP contribution in [0.5, 0.6) is 11.5 Å². The topological polar surface area (TPSA) is 120 Å². The van der Waals surface area contributed by atoms with Crippen LogP contribution in [0.25, 0.3) is 0 Å². The Kier molecular flexibility index (Phi) is 8.37. The summed E-state index contributed by atoms with van der Waals surface area (Å²) < 4.78 is 14.5. The second-order valence-electron chi connectivity index (χ2n) is 5.94. The molecule has 9 nitrogen and oxygen atoms in total. The van der Waals surface area contributed by atoms with Crippen molar-refractivity contribution in [2.75, 3.05) is 19.7 Å². The van der Waals surface area contributed by atoms with E-state index in [9.17, 15) is 19.2 Å². The third-order valence-electron chi connectivity index (χ3n) is 3.63. The Morgan fingerprint density at radius 3 is 2.03 bits per heavy atom. The number of esters is 1. The molecule has 30 heavy (non-hydrogen) atoms. The Bertz CT molecular complexity index is 910. The zero-order chi connectivity index (χ0) is 21.9. The molecule has 0 aliphatic carbocycles. The van der Waals surface area contributed by atoms with Crippen LogP contribution >= 0.6 is 0 Å². The summed E-state index contributed by atoms with van der Waals surface area (Å²) >= 11 is 0. The highest BCUT2D eigenvalue weighted by Crippen LogP contribution is 2.14. The highest BCUT2D eigenvalue weighted by Gasteiger charge is 2.10. The van der Waals surface area contributed by atoms with Crippen LogP contribution in [0.15, 0.2) is 48.5 Å². The molecule has 9 heteroatoms. The van der Waals surface area contributed by atoms with Crippen LogP contribution in [0.2, 0.25) is 0 Å². The molecule has 2 aromatic carbocycles. The Labute approximate surface area is 173 Å². The molecule has 0 aliphatic rings. The summed E-state index contributed by atoms with van der Waals surface area (Å²) in [5.74, 6) is -0.648. The first kappa shape index (κ1) is 22.4. The van der Waals surface area contributed by atoms with Gasteiger partial charge in [-0.05, 0) is 49.4 Å². The van der Waals surface area contributed by atoms with Crippen molar-refractivity contribution >= 4 is 23.9 Å². The number of rotatable bonds is 8. The number of benzene rings is 2. The van der Waals surface area contributed by atoms with E-state index in [1.165, 1.54) is 37.3 Å². The predicted molar refractivity (Wildman–Crippen MR) is 107 cm³/mol. The van der Waals surface area contributed by atoms with Gasteiger partial charge in [0.2, 0.25) is 0 Å². The molecular formula is C21H22N2O7. The van der Waals surface area contributed by atoms with E-state index in [-0.39, 0.29) is 43.0 Å². The zero-order valence-electron chi connectivity index (χ0n) is 16.6. The van der Waals surface area contributed by atoms with Gasteiger partial charge in [0.05, 0.1) is 6.61 Å². The Balaban J connectivity index is 1.77. The van der Waals surface area contributed by atoms with Gasteiger partial charge >= 0.3 is 12.1 Å². The van der Waals surface area contributed by atoms with E-state index >= 15 is 0 Å². The van der Waals surface area contributed by atoms with Crippen molar-refractivity contribution in [1.29, 1.82) is 0 Å². The first-order chi connectivity index (χ1) is 14.4. The number of hydrogen-bond donors (Lipinski definition) is 2. The molecular weight excluding hydrogens is 392 g/mol. The van der Waals surface area contributed by atoms with Gasteiger partial charge in [0.15, 0.2) is 0 Å². The fraction of sp³-hybridized carbons (Fsp3) is 0.238. The minimum absolute atomic E-state index is 0.201. The monoisotopic (exact) mass is 414 g/mol. The van der Waals surface area contributed by atoms with E-state index in [1.807, 2.05) is 0 Å². The van der Waals surface area contributed by atoms with Crippen LogP contribution in [-0.2, 0) is 9.53 Å². The third kappa shape index (κ3) is 7.27. The zero-order valence-corrected chi connectivity index (χ0v) is 16.6. The molecule has 0 saturated heterocycles. The van der Waals surface area contributed by atoms with Gasteiger partial charge in [-0.15, -0.1) is 0 Å². The molecule has 0 fully saturated rings. The first-order valence-electron chi connectivity index (χ1n) is 9.18. The fourth-order valence-corrected chi connectivity index (χ4v) is 2.34. The van der Waals surface area contributed by atoms with Crippen molar-refractivity contribution in [3.8, 4) is 11.5 Å². The summed E-state index contributed by atoms with van der Waals surface area (Å²) in [5, 5.41) is 5.33. The quantitative estimate of drug-likeness (QED) is 0.294. The van der Waals surface area contributed by atoms with Crippen molar-refractivity contribution in [3.05, 3.63) is 59.7 Å². The maximum absolute atomic E-state index is 12.2. The smallest absolute Gasteiger partial charge is 0.434 e. The summed E-state index contributed by atoms with van der Waals surface area (Å²) in [6.07, 6.45) is -0.816. The molecule has 2 amide bonds. The summed E-state index contributed by atoms with van der Waals surface area (Å²) in [5.41, 5.74) is 0.698. The third-order valence-corrected chi connectivity index (χ3v) is 3.63. The van der Waals surface area contributed by atoms with Gasteiger partial charge in [0.1, 0.15) is 11.5 Å². The van der Waals surface area contributed by atoms with E-state index in [2.05, 4.69) is 15.4 Å². The molecule has 0 heterocycles. The number of ether oxygens (including phenoxy) is 3. The minimum atomic E-state index is -0.816. The van der Waals surface area contributed by atoms with E-state index in [0.29, 0.717) is 11.1 Å². The number of nitrogens with one attached hydrogen (secondary N) is 2. The highest BCUT2D eigenvalue weighted by molar-refractivity contribution is 5.95. The molecule has 0 atom stereocenters. The highest BCUT2D eigenvalue weighted by atomic mass is 16.7. The Morgan fingerprint density at radius 1 is 0.800 bits per heavy atom. The van der Waals surface area contributed by atoms with E-state index in [4.69, 9.17) is 9.47 Å². The predicted octanol–water partition coefficient (Wildman–Crippen LogP) is 2.31. The van der Waals surface area contributed by atoms with Gasteiger partial charge in [-0.3, -0.25) is 14.4 Å². The van der Waals surface area contributed by atoms with Crippen LogP contribution in [0.4, 0.5) is 4.79 Å². The molecule has 0 bridgehead atoms. The fourth-order valence-electron chi connectivity index (χ4n) is 2.34. The average molecular weight is 414 g/mol. The SMILES string of the molecule is CCOC(=O)Oc1ccc(C(=O)NCCNC(=O)c2cccc(OC(C)=O)c2)cc1. The Hall–Kier alpha value is -3.88. The van der Waals surface area contributed by atoms with Crippen molar-refractivity contribution in [2.45, 2.75) is 13.8 Å². The Morgan fingerprint density at radius 2 is 1.43 bits per heavy atom. The molecule has 2 aromatic rings. The normalized spacial score (nSPS) is 9.93. The lowest BCUT2D eigenvalue weighted by Gasteiger charge is -2.09. The molecule has 0 spiro atoms. The lowest BCUT2D eigenvalue weighted by Crippen LogP contribution is -2.34. The maximum atomic E-state index is 12.2. The van der Waals surface area contributed by atoms with Gasteiger partial charge in [-0.2, -0.15) is 0 Å². The van der Waals surface area contributed by atoms with Crippen molar-refractivity contribution in [2.24, 2.45) is 0 Å². The van der Waals surface area contributed by atoms with E-state index < -0.39 is 12.1 Å². The minimum Gasteiger partial charge on any atom is -0.434 e. The van der Waals surface area contributed by atoms with E-state index in [0.717, 1.165) is 0 Å². The van der Waals surface area contributed by atoms with Crippen molar-refractivity contribution in [1.82, 2.24) is 10.6 Å². The first-order valence-corrected chi connectivity index (χ1v) is 9.18. The van der Waals surface area contributed by atoms with Gasteiger partial charge < -0.3 is 24.8 Å². The van der Waals surface area contributed by atoms with Gasteiger partial charge in [-0.25, -0.2) is 4.79 Å². The largest absolute Gasteiger partial charge is 0.513 e. The molecule has 0 unspecified atom stereocenters. The summed E-state index contributed by atoms with van der Waals surface area (Å²) in [7, 11) is 0. The van der Waals surface area contributed by atoms with Crippen LogP contribution in [0.1, 0.15) is 34.6 Å². The van der Waals surface area contributed by atoms with Crippen molar-refractivity contribution < 1.29 is 33.4 Å². The van der Waals surface area contributed by atoms with Crippen LogP contribution in [0, 0.1) is 0 Å². The van der Waals surface area contributed by atoms with Gasteiger partial charge in [-0.1, -0.05) is 6.07 Å². The van der Waals surface area contributed by atoms with E-state index in [1.54, 1.807) is 25.1 Å². The molecule has 2 N–H and O–H groups in total. The summed E-state index contributed by atoms with van der Waals surface area (Å²) in [6, 6.07) is 12.2. The number of hydrogen-bond acceptors (Lipinski definition) is 7. The maximum Gasteiger partial charge on any atom is 0.513 e. The summed E-state index contributed by atoms with van der Waals surface area (Å²) in [4.78, 5) is 46.5. The van der Waals surface area contributed by atoms with Crippen LogP contribution < -0.4 is 20.1 Å². The number of amides is 2. The molecule has 0 aromatic heterocycles. The molecule has 0 aliphatic heterocycles. The molecule has 0 saturated carbocycles. The van der Waals surface area contributed by atoms with Gasteiger partial charge in [0, 0.05) is 31.1 Å². The molecule has 0 radical (unpaired) electrons. The lowest BCUT2D eigenvalue weighted by atomic mass is 10.2. The molecule has 2 rings (SSSR count). The standard InChI is InChI=1S/C21H22N2O7/c1-3-28-21(27)30-17-9-7-15(8-10-17)19(25)22-11-12-23-20(26)16-5-4-6-18(13-16)29-14(2)24/h4-10,13H,3,11-12H2,1-2H3,(H,22,25)(H,23,26). The second-order valence-corrected chi connectivity index (χ2v) is 5.94. The lowest BCUT2D eigenvalue weighted by molar-refractivity contribution is -0.131. The van der Waals surface area contributed by atoms with Gasteiger partial charge in [0.25, 0.3) is 11.8 Å². The number of carbonyl (C=O) groups excluding carboxylic acids is 4. The van der Waals surface area contributed by atoms with Crippen molar-refractivity contribution in [3.63, 3.8) is 0 Å². The van der Waals surface area contributed by atoms with Crippen LogP contribution in [-0.4, -0.2) is 43.6 Å². The molecule has 158 valence electrons. The number of carbonyl (C=O) groups is 4. The van der Waals surface area contributed by atoms with Crippen LogP contribution in [0.3, 0.4) is 0 Å².